The van der Waals surface area contributed by atoms with Gasteiger partial charge in [0.25, 0.3) is 0 Å². The van der Waals surface area contributed by atoms with Gasteiger partial charge in [-0.25, -0.2) is 0 Å². The molecule has 1 amide bonds. The standard InChI is InChI=1S/C11H20N2O/c1-5-7-12-8-11(14)13(6-2)9-10(3)4/h5,12H,1,3,6-9H2,2,4H3. The van der Waals surface area contributed by atoms with Crippen LogP contribution in [0.5, 0.6) is 0 Å². The Morgan fingerprint density at radius 1 is 1.57 bits per heavy atom. The Kier molecular flexibility index (Phi) is 6.76. The van der Waals surface area contributed by atoms with Crippen LogP contribution in [0.25, 0.3) is 0 Å². The Balaban J connectivity index is 3.91. The topological polar surface area (TPSA) is 32.3 Å². The van der Waals surface area contributed by atoms with Crippen molar-refractivity contribution in [3.05, 3.63) is 24.8 Å². The zero-order chi connectivity index (χ0) is 11.0. The van der Waals surface area contributed by atoms with Crippen LogP contribution in [0.4, 0.5) is 0 Å². The van der Waals surface area contributed by atoms with Crippen LogP contribution in [0.3, 0.4) is 0 Å². The van der Waals surface area contributed by atoms with E-state index in [4.69, 9.17) is 0 Å². The predicted octanol–water partition coefficient (Wildman–Crippen LogP) is 1.19. The van der Waals surface area contributed by atoms with Gasteiger partial charge in [-0.3, -0.25) is 4.79 Å². The molecule has 0 aromatic rings. The molecular weight excluding hydrogens is 176 g/mol. The van der Waals surface area contributed by atoms with E-state index in [1.54, 1.807) is 11.0 Å². The van der Waals surface area contributed by atoms with E-state index in [1.165, 1.54) is 0 Å². The molecule has 0 fully saturated rings. The molecule has 3 heteroatoms. The molecule has 0 radical (unpaired) electrons. The maximum absolute atomic E-state index is 11.6. The lowest BCUT2D eigenvalue weighted by atomic mass is 10.3. The Morgan fingerprint density at radius 3 is 2.64 bits per heavy atom. The summed E-state index contributed by atoms with van der Waals surface area (Å²) in [6, 6.07) is 0. The third-order valence-corrected chi connectivity index (χ3v) is 1.76. The van der Waals surface area contributed by atoms with Crippen LogP contribution >= 0.6 is 0 Å². The lowest BCUT2D eigenvalue weighted by Gasteiger charge is -2.20. The average molecular weight is 196 g/mol. The highest BCUT2D eigenvalue weighted by molar-refractivity contribution is 5.78. The van der Waals surface area contributed by atoms with E-state index in [1.807, 2.05) is 13.8 Å². The van der Waals surface area contributed by atoms with Crippen molar-refractivity contribution in [1.82, 2.24) is 10.2 Å². The first kappa shape index (κ1) is 12.9. The number of likely N-dealkylation sites (N-methyl/N-ethyl adjacent to an activating group) is 1. The number of nitrogens with zero attached hydrogens (tertiary/aromatic N) is 1. The lowest BCUT2D eigenvalue weighted by molar-refractivity contribution is -0.129. The third kappa shape index (κ3) is 5.54. The van der Waals surface area contributed by atoms with Gasteiger partial charge in [0, 0.05) is 19.6 Å². The molecule has 0 aliphatic rings. The van der Waals surface area contributed by atoms with E-state index in [0.717, 1.165) is 12.1 Å². The van der Waals surface area contributed by atoms with Crippen LogP contribution in [0.1, 0.15) is 13.8 Å². The molecule has 14 heavy (non-hydrogen) atoms. The molecule has 3 nitrogen and oxygen atoms in total. The van der Waals surface area contributed by atoms with Crippen LogP contribution in [0.2, 0.25) is 0 Å². The minimum absolute atomic E-state index is 0.109. The fraction of sp³-hybridized carbons (Fsp3) is 0.545. The zero-order valence-electron chi connectivity index (χ0n) is 9.18. The molecule has 0 unspecified atom stereocenters. The monoisotopic (exact) mass is 196 g/mol. The van der Waals surface area contributed by atoms with E-state index >= 15 is 0 Å². The van der Waals surface area contributed by atoms with E-state index in [9.17, 15) is 4.79 Å². The second-order valence-corrected chi connectivity index (χ2v) is 3.28. The minimum Gasteiger partial charge on any atom is -0.338 e. The number of nitrogens with one attached hydrogen (secondary N) is 1. The summed E-state index contributed by atoms with van der Waals surface area (Å²) in [7, 11) is 0. The van der Waals surface area contributed by atoms with Crippen LogP contribution in [-0.2, 0) is 4.79 Å². The molecule has 0 bridgehead atoms. The SMILES string of the molecule is C=CCNCC(=O)N(CC)CC(=C)C. The Hall–Kier alpha value is -1.09. The zero-order valence-corrected chi connectivity index (χ0v) is 9.18. The van der Waals surface area contributed by atoms with Crippen LogP contribution in [-0.4, -0.2) is 37.0 Å². The Labute approximate surface area is 86.5 Å². The van der Waals surface area contributed by atoms with Gasteiger partial charge in [-0.1, -0.05) is 18.2 Å². The summed E-state index contributed by atoms with van der Waals surface area (Å²) in [5.41, 5.74) is 1.00. The van der Waals surface area contributed by atoms with Crippen molar-refractivity contribution in [1.29, 1.82) is 0 Å². The fourth-order valence-corrected chi connectivity index (χ4v) is 1.10. The summed E-state index contributed by atoms with van der Waals surface area (Å²) >= 11 is 0. The van der Waals surface area contributed by atoms with Gasteiger partial charge >= 0.3 is 0 Å². The quantitative estimate of drug-likeness (QED) is 0.490. The smallest absolute Gasteiger partial charge is 0.236 e. The van der Waals surface area contributed by atoms with Crippen molar-refractivity contribution in [3.63, 3.8) is 0 Å². The molecule has 0 saturated carbocycles. The average Bonchev–Trinajstić information content (AvgIpc) is 2.14. The summed E-state index contributed by atoms with van der Waals surface area (Å²) in [5.74, 6) is 0.109. The second-order valence-electron chi connectivity index (χ2n) is 3.28. The normalized spacial score (nSPS) is 9.57. The molecule has 80 valence electrons. The Bertz CT molecular complexity index is 211. The van der Waals surface area contributed by atoms with Gasteiger partial charge in [-0.15, -0.1) is 6.58 Å². The van der Waals surface area contributed by atoms with E-state index in [2.05, 4.69) is 18.5 Å². The van der Waals surface area contributed by atoms with Crippen molar-refractivity contribution in [3.8, 4) is 0 Å². The largest absolute Gasteiger partial charge is 0.338 e. The summed E-state index contributed by atoms with van der Waals surface area (Å²) in [6.07, 6.45) is 1.74. The maximum atomic E-state index is 11.6. The van der Waals surface area contributed by atoms with Gasteiger partial charge < -0.3 is 10.2 Å². The van der Waals surface area contributed by atoms with Crippen molar-refractivity contribution in [2.24, 2.45) is 0 Å². The van der Waals surface area contributed by atoms with Gasteiger partial charge in [0.1, 0.15) is 0 Å². The number of hydrogen-bond acceptors (Lipinski definition) is 2. The molecule has 0 heterocycles. The highest BCUT2D eigenvalue weighted by Crippen LogP contribution is 1.95. The van der Waals surface area contributed by atoms with Crippen LogP contribution in [0, 0.1) is 0 Å². The molecule has 1 N–H and O–H groups in total. The van der Waals surface area contributed by atoms with Gasteiger partial charge in [-0.05, 0) is 13.8 Å². The maximum Gasteiger partial charge on any atom is 0.236 e. The third-order valence-electron chi connectivity index (χ3n) is 1.76. The molecule has 0 spiro atoms. The number of amides is 1. The van der Waals surface area contributed by atoms with Crippen molar-refractivity contribution in [2.75, 3.05) is 26.2 Å². The summed E-state index contributed by atoms with van der Waals surface area (Å²) in [5, 5.41) is 2.98. The van der Waals surface area contributed by atoms with Crippen molar-refractivity contribution in [2.45, 2.75) is 13.8 Å². The Morgan fingerprint density at radius 2 is 2.21 bits per heavy atom. The van der Waals surface area contributed by atoms with Crippen LogP contribution in [0.15, 0.2) is 24.8 Å². The van der Waals surface area contributed by atoms with E-state index in [0.29, 0.717) is 19.6 Å². The summed E-state index contributed by atoms with van der Waals surface area (Å²) < 4.78 is 0. The van der Waals surface area contributed by atoms with Gasteiger partial charge in [0.05, 0.1) is 6.54 Å². The van der Waals surface area contributed by atoms with Crippen molar-refractivity contribution < 1.29 is 4.79 Å². The number of rotatable bonds is 7. The fourth-order valence-electron chi connectivity index (χ4n) is 1.10. The van der Waals surface area contributed by atoms with Crippen molar-refractivity contribution >= 4 is 5.91 Å². The van der Waals surface area contributed by atoms with Gasteiger partial charge in [-0.2, -0.15) is 0 Å². The van der Waals surface area contributed by atoms with Gasteiger partial charge in [0.2, 0.25) is 5.91 Å². The molecule has 0 aromatic heterocycles. The van der Waals surface area contributed by atoms with E-state index < -0.39 is 0 Å². The summed E-state index contributed by atoms with van der Waals surface area (Å²) in [6.45, 7) is 13.6. The second kappa shape index (κ2) is 7.33. The molecule has 0 aliphatic carbocycles. The molecule has 0 aliphatic heterocycles. The van der Waals surface area contributed by atoms with Gasteiger partial charge in [0.15, 0.2) is 0 Å². The first-order chi connectivity index (χ1) is 6.61. The van der Waals surface area contributed by atoms with E-state index in [-0.39, 0.29) is 5.91 Å². The molecule has 0 aromatic carbocycles. The first-order valence-electron chi connectivity index (χ1n) is 4.85. The predicted molar refractivity (Wildman–Crippen MR) is 60.1 cm³/mol. The first-order valence-corrected chi connectivity index (χ1v) is 4.85. The number of carbonyl (C=O) groups excluding carboxylic acids is 1. The molecule has 0 atom stereocenters. The summed E-state index contributed by atoms with van der Waals surface area (Å²) in [4.78, 5) is 13.3. The number of carbonyl (C=O) groups is 1. The number of hydrogen-bond donors (Lipinski definition) is 1. The lowest BCUT2D eigenvalue weighted by Crippen LogP contribution is -2.38. The van der Waals surface area contributed by atoms with Crippen LogP contribution < -0.4 is 5.32 Å². The highest BCUT2D eigenvalue weighted by Gasteiger charge is 2.09. The highest BCUT2D eigenvalue weighted by atomic mass is 16.2. The molecular formula is C11H20N2O. The minimum atomic E-state index is 0.109. The molecule has 0 rings (SSSR count). The molecule has 0 saturated heterocycles.